The van der Waals surface area contributed by atoms with Gasteiger partial charge in [-0.15, -0.1) is 0 Å². The highest BCUT2D eigenvalue weighted by Gasteiger charge is 2.23. The van der Waals surface area contributed by atoms with Gasteiger partial charge in [-0.25, -0.2) is 19.2 Å². The maximum Gasteiger partial charge on any atom is 0.337 e. The molecule has 3 aromatic rings. The van der Waals surface area contributed by atoms with Gasteiger partial charge in [0.15, 0.2) is 5.82 Å². The average Bonchev–Trinajstić information content (AvgIpc) is 2.89. The van der Waals surface area contributed by atoms with Crippen molar-refractivity contribution in [2.24, 2.45) is 5.92 Å². The zero-order valence-corrected chi connectivity index (χ0v) is 22.3. The van der Waals surface area contributed by atoms with Gasteiger partial charge in [0.25, 0.3) is 0 Å². The van der Waals surface area contributed by atoms with Crippen molar-refractivity contribution in [1.82, 2.24) is 15.3 Å². The van der Waals surface area contributed by atoms with Crippen molar-refractivity contribution in [3.63, 3.8) is 0 Å². The van der Waals surface area contributed by atoms with E-state index < -0.39 is 11.6 Å². The van der Waals surface area contributed by atoms with Crippen molar-refractivity contribution < 1.29 is 23.5 Å². The number of aromatic nitrogens is 2. The van der Waals surface area contributed by atoms with Crippen LogP contribution in [0.1, 0.15) is 56.8 Å². The van der Waals surface area contributed by atoms with Gasteiger partial charge in [-0.2, -0.15) is 0 Å². The number of nitrogens with one attached hydrogen (secondary N) is 2. The topological polar surface area (TPSA) is 102 Å². The highest BCUT2D eigenvalue weighted by molar-refractivity contribution is 5.94. The molecule has 1 aliphatic rings. The Bertz CT molecular complexity index is 1280. The summed E-state index contributed by atoms with van der Waals surface area (Å²) in [5.74, 6) is 0.00492. The minimum atomic E-state index is -0.485. The molecule has 9 heteroatoms. The number of esters is 2. The lowest BCUT2D eigenvalue weighted by molar-refractivity contribution is -0.153. The molecular weight excluding hydrogens is 487 g/mol. The third kappa shape index (κ3) is 7.25. The summed E-state index contributed by atoms with van der Waals surface area (Å²) in [4.78, 5) is 33.6. The Labute approximate surface area is 222 Å². The molecule has 38 heavy (non-hydrogen) atoms. The van der Waals surface area contributed by atoms with E-state index in [1.807, 2.05) is 20.8 Å². The van der Waals surface area contributed by atoms with Gasteiger partial charge in [-0.1, -0.05) is 0 Å². The SMILES string of the molecule is COC(=O)c1ccc2nc(-c3ccc(F)cc3)c(NCC3CCC(NCC(=O)OC(C)(C)C)CC3)nc2c1. The van der Waals surface area contributed by atoms with Crippen molar-refractivity contribution in [3.05, 3.63) is 53.8 Å². The van der Waals surface area contributed by atoms with E-state index in [1.54, 1.807) is 30.3 Å². The van der Waals surface area contributed by atoms with Crippen molar-refractivity contribution in [2.75, 3.05) is 25.5 Å². The van der Waals surface area contributed by atoms with E-state index in [9.17, 15) is 14.0 Å². The van der Waals surface area contributed by atoms with E-state index in [0.717, 1.165) is 31.2 Å². The van der Waals surface area contributed by atoms with Crippen LogP contribution in [0.3, 0.4) is 0 Å². The second kappa shape index (κ2) is 11.9. The van der Waals surface area contributed by atoms with Crippen LogP contribution in [0.2, 0.25) is 0 Å². The molecule has 2 N–H and O–H groups in total. The standard InChI is InChI=1S/C29H35FN4O4/c1-29(2,3)38-25(35)17-31-22-12-5-18(6-13-22)16-32-27-26(19-7-10-21(30)11-8-19)33-23-14-9-20(28(36)37-4)15-24(23)34-27/h7-11,14-15,18,22,31H,5-6,12-13,16-17H2,1-4H3,(H,32,34). The quantitative estimate of drug-likeness (QED) is 0.393. The molecule has 0 unspecified atom stereocenters. The lowest BCUT2D eigenvalue weighted by Crippen LogP contribution is -2.39. The number of fused-ring (bicyclic) bond motifs is 1. The van der Waals surface area contributed by atoms with E-state index >= 15 is 0 Å². The first-order chi connectivity index (χ1) is 18.1. The van der Waals surface area contributed by atoms with Crippen LogP contribution < -0.4 is 10.6 Å². The molecule has 0 amide bonds. The molecule has 1 heterocycles. The minimum Gasteiger partial charge on any atom is -0.465 e. The van der Waals surface area contributed by atoms with E-state index in [2.05, 4.69) is 10.6 Å². The molecule has 1 fully saturated rings. The summed E-state index contributed by atoms with van der Waals surface area (Å²) in [6, 6.07) is 11.5. The number of ether oxygens (including phenoxy) is 2. The first-order valence-electron chi connectivity index (χ1n) is 13.0. The molecule has 0 saturated heterocycles. The van der Waals surface area contributed by atoms with Crippen molar-refractivity contribution >= 4 is 28.8 Å². The van der Waals surface area contributed by atoms with Crippen LogP contribution in [0.5, 0.6) is 0 Å². The number of anilines is 1. The second-order valence-electron chi connectivity index (χ2n) is 10.7. The smallest absolute Gasteiger partial charge is 0.337 e. The molecule has 8 nitrogen and oxygen atoms in total. The molecule has 0 radical (unpaired) electrons. The molecule has 0 bridgehead atoms. The molecule has 1 aromatic heterocycles. The first-order valence-corrected chi connectivity index (χ1v) is 13.0. The van der Waals surface area contributed by atoms with E-state index in [0.29, 0.717) is 40.6 Å². The second-order valence-corrected chi connectivity index (χ2v) is 10.7. The fourth-order valence-electron chi connectivity index (χ4n) is 4.65. The number of nitrogens with zero attached hydrogens (tertiary/aromatic N) is 2. The van der Waals surface area contributed by atoms with Crippen LogP contribution >= 0.6 is 0 Å². The number of hydrogen-bond acceptors (Lipinski definition) is 8. The van der Waals surface area contributed by atoms with Crippen LogP contribution in [0, 0.1) is 11.7 Å². The third-order valence-corrected chi connectivity index (χ3v) is 6.56. The van der Waals surface area contributed by atoms with Gasteiger partial charge in [0.1, 0.15) is 17.1 Å². The first kappa shape index (κ1) is 27.4. The summed E-state index contributed by atoms with van der Waals surface area (Å²) in [5, 5.41) is 6.79. The highest BCUT2D eigenvalue weighted by atomic mass is 19.1. The molecule has 1 aliphatic carbocycles. The van der Waals surface area contributed by atoms with Gasteiger partial charge in [0, 0.05) is 18.2 Å². The summed E-state index contributed by atoms with van der Waals surface area (Å²) in [6.45, 7) is 6.50. The number of methoxy groups -OCH3 is 1. The predicted molar refractivity (Wildman–Crippen MR) is 144 cm³/mol. The minimum absolute atomic E-state index is 0.214. The summed E-state index contributed by atoms with van der Waals surface area (Å²) in [5.41, 5.74) is 2.47. The Morgan fingerprint density at radius 1 is 1.00 bits per heavy atom. The van der Waals surface area contributed by atoms with E-state index in [4.69, 9.17) is 19.4 Å². The molecule has 0 spiro atoms. The molecule has 202 valence electrons. The van der Waals surface area contributed by atoms with Crippen LogP contribution in [-0.2, 0) is 14.3 Å². The predicted octanol–water partition coefficient (Wildman–Crippen LogP) is 5.12. The number of carbonyl (C=O) groups excluding carboxylic acids is 2. The summed E-state index contributed by atoms with van der Waals surface area (Å²) < 4.78 is 23.8. The maximum atomic E-state index is 13.6. The molecule has 2 aromatic carbocycles. The lowest BCUT2D eigenvalue weighted by atomic mass is 9.86. The Morgan fingerprint density at radius 2 is 1.71 bits per heavy atom. The molecule has 0 atom stereocenters. The largest absolute Gasteiger partial charge is 0.465 e. The van der Waals surface area contributed by atoms with Crippen LogP contribution in [0.4, 0.5) is 10.2 Å². The van der Waals surface area contributed by atoms with E-state index in [-0.39, 0.29) is 24.4 Å². The van der Waals surface area contributed by atoms with Crippen LogP contribution in [0.15, 0.2) is 42.5 Å². The van der Waals surface area contributed by atoms with Gasteiger partial charge >= 0.3 is 11.9 Å². The summed E-state index contributed by atoms with van der Waals surface area (Å²) in [6.07, 6.45) is 3.93. The molecular formula is C29H35FN4O4. The van der Waals surface area contributed by atoms with Crippen molar-refractivity contribution in [2.45, 2.75) is 58.1 Å². The fraction of sp³-hybridized carbons (Fsp3) is 0.448. The summed E-state index contributed by atoms with van der Waals surface area (Å²) in [7, 11) is 1.34. The average molecular weight is 523 g/mol. The Morgan fingerprint density at radius 3 is 2.37 bits per heavy atom. The van der Waals surface area contributed by atoms with Crippen LogP contribution in [-0.4, -0.2) is 53.7 Å². The van der Waals surface area contributed by atoms with E-state index in [1.165, 1.54) is 19.2 Å². The number of rotatable bonds is 8. The molecule has 1 saturated carbocycles. The van der Waals surface area contributed by atoms with Gasteiger partial charge in [0.2, 0.25) is 0 Å². The van der Waals surface area contributed by atoms with Gasteiger partial charge in [0.05, 0.1) is 30.3 Å². The Hall–Kier alpha value is -3.59. The number of hydrogen-bond donors (Lipinski definition) is 2. The number of halogens is 1. The normalized spacial score (nSPS) is 17.7. The van der Waals surface area contributed by atoms with Gasteiger partial charge in [-0.05, 0) is 94.8 Å². The fourth-order valence-corrected chi connectivity index (χ4v) is 4.65. The Balaban J connectivity index is 1.44. The monoisotopic (exact) mass is 522 g/mol. The zero-order valence-electron chi connectivity index (χ0n) is 22.3. The highest BCUT2D eigenvalue weighted by Crippen LogP contribution is 2.30. The van der Waals surface area contributed by atoms with Crippen LogP contribution in [0.25, 0.3) is 22.3 Å². The number of benzene rings is 2. The third-order valence-electron chi connectivity index (χ3n) is 6.56. The molecule has 0 aliphatic heterocycles. The zero-order chi connectivity index (χ0) is 27.3. The van der Waals surface area contributed by atoms with Gasteiger partial charge in [-0.3, -0.25) is 4.79 Å². The van der Waals surface area contributed by atoms with Crippen molar-refractivity contribution in [3.8, 4) is 11.3 Å². The van der Waals surface area contributed by atoms with Gasteiger partial charge < -0.3 is 20.1 Å². The van der Waals surface area contributed by atoms with Crippen molar-refractivity contribution in [1.29, 1.82) is 0 Å². The molecule has 4 rings (SSSR count). The number of carbonyl (C=O) groups is 2. The lowest BCUT2D eigenvalue weighted by Gasteiger charge is -2.30. The maximum absolute atomic E-state index is 13.6. The Kier molecular flexibility index (Phi) is 8.56. The summed E-state index contributed by atoms with van der Waals surface area (Å²) >= 11 is 0.